The molecule has 2 atom stereocenters. The van der Waals surface area contributed by atoms with Crippen LogP contribution in [0.1, 0.15) is 62.4 Å². The molecule has 5 heteroatoms. The topological polar surface area (TPSA) is 55.8 Å². The number of hydrogen-bond acceptors (Lipinski definition) is 4. The third-order valence-electron chi connectivity index (χ3n) is 4.31. The van der Waals surface area contributed by atoms with Crippen LogP contribution in [0.5, 0.6) is 0 Å². The molecule has 0 N–H and O–H groups in total. The Labute approximate surface area is 143 Å². The average Bonchev–Trinajstić information content (AvgIpc) is 2.52. The van der Waals surface area contributed by atoms with Crippen LogP contribution in [-0.4, -0.2) is 42.3 Å². The zero-order valence-electron chi connectivity index (χ0n) is 15.2. The van der Waals surface area contributed by atoms with Gasteiger partial charge in [0.2, 0.25) is 0 Å². The second-order valence-corrected chi connectivity index (χ2v) is 7.36. The van der Waals surface area contributed by atoms with Crippen LogP contribution in [0, 0.1) is 0 Å². The monoisotopic (exact) mass is 333 g/mol. The lowest BCUT2D eigenvalue weighted by Crippen LogP contribution is -2.46. The second-order valence-electron chi connectivity index (χ2n) is 7.36. The molecule has 0 radical (unpaired) electrons. The fourth-order valence-electron chi connectivity index (χ4n) is 3.08. The van der Waals surface area contributed by atoms with Crippen LogP contribution in [0.15, 0.2) is 24.3 Å². The summed E-state index contributed by atoms with van der Waals surface area (Å²) in [5, 5.41) is 0. The molecule has 1 aliphatic heterocycles. The molecule has 1 amide bonds. The minimum atomic E-state index is -0.475. The standard InChI is InChI=1S/C19H27NO4/c1-13-12-16(10-11-20(13)18(22)24-19(2,3)4)14-6-8-15(9-7-14)17(21)23-5/h6-9,13,16H,10-12H2,1-5H3. The number of carbonyl (C=O) groups is 2. The SMILES string of the molecule is COC(=O)c1ccc(C2CCN(C(=O)OC(C)(C)C)C(C)C2)cc1. The van der Waals surface area contributed by atoms with E-state index in [0.717, 1.165) is 12.8 Å². The number of likely N-dealkylation sites (tertiary alicyclic amines) is 1. The molecule has 1 saturated heterocycles. The highest BCUT2D eigenvalue weighted by atomic mass is 16.6. The van der Waals surface area contributed by atoms with Gasteiger partial charge in [-0.2, -0.15) is 0 Å². The van der Waals surface area contributed by atoms with E-state index in [-0.39, 0.29) is 18.1 Å². The summed E-state index contributed by atoms with van der Waals surface area (Å²) in [5.74, 6) is 0.0556. The van der Waals surface area contributed by atoms with Crippen molar-refractivity contribution in [3.8, 4) is 0 Å². The highest BCUT2D eigenvalue weighted by Gasteiger charge is 2.32. The molecule has 0 saturated carbocycles. The maximum absolute atomic E-state index is 12.3. The van der Waals surface area contributed by atoms with Gasteiger partial charge in [0, 0.05) is 12.6 Å². The first-order valence-electron chi connectivity index (χ1n) is 8.39. The first-order chi connectivity index (χ1) is 11.2. The highest BCUT2D eigenvalue weighted by Crippen LogP contribution is 2.32. The Kier molecular flexibility index (Phi) is 5.52. The quantitative estimate of drug-likeness (QED) is 0.768. The Morgan fingerprint density at radius 2 is 1.79 bits per heavy atom. The van der Waals surface area contributed by atoms with Crippen molar-refractivity contribution in [1.29, 1.82) is 0 Å². The van der Waals surface area contributed by atoms with Crippen molar-refractivity contribution < 1.29 is 19.1 Å². The van der Waals surface area contributed by atoms with Crippen LogP contribution >= 0.6 is 0 Å². The number of amides is 1. The summed E-state index contributed by atoms with van der Waals surface area (Å²) in [6.07, 6.45) is 1.53. The molecule has 1 heterocycles. The summed E-state index contributed by atoms with van der Waals surface area (Å²) in [6.45, 7) is 8.37. The Bertz CT molecular complexity index is 588. The summed E-state index contributed by atoms with van der Waals surface area (Å²) < 4.78 is 10.2. The largest absolute Gasteiger partial charge is 0.465 e. The molecule has 2 unspecified atom stereocenters. The Hall–Kier alpha value is -2.04. The van der Waals surface area contributed by atoms with Crippen molar-refractivity contribution in [2.75, 3.05) is 13.7 Å². The number of hydrogen-bond donors (Lipinski definition) is 0. The molecule has 0 aliphatic carbocycles. The summed E-state index contributed by atoms with van der Waals surface area (Å²) in [7, 11) is 1.38. The van der Waals surface area contributed by atoms with Crippen molar-refractivity contribution in [3.05, 3.63) is 35.4 Å². The number of methoxy groups -OCH3 is 1. The molecular weight excluding hydrogens is 306 g/mol. The van der Waals surface area contributed by atoms with E-state index in [2.05, 4.69) is 6.92 Å². The van der Waals surface area contributed by atoms with E-state index in [1.54, 1.807) is 12.1 Å². The van der Waals surface area contributed by atoms with E-state index in [0.29, 0.717) is 18.0 Å². The van der Waals surface area contributed by atoms with E-state index in [1.165, 1.54) is 12.7 Å². The lowest BCUT2D eigenvalue weighted by Gasteiger charge is -2.38. The normalized spacial score (nSPS) is 21.3. The van der Waals surface area contributed by atoms with Crippen molar-refractivity contribution >= 4 is 12.1 Å². The molecule has 1 aromatic rings. The molecular formula is C19H27NO4. The van der Waals surface area contributed by atoms with E-state index >= 15 is 0 Å². The number of ether oxygens (including phenoxy) is 2. The molecule has 1 aromatic carbocycles. The lowest BCUT2D eigenvalue weighted by molar-refractivity contribution is 0.0103. The van der Waals surface area contributed by atoms with Crippen molar-refractivity contribution in [3.63, 3.8) is 0 Å². The summed E-state index contributed by atoms with van der Waals surface area (Å²) in [6, 6.07) is 7.68. The van der Waals surface area contributed by atoms with Gasteiger partial charge >= 0.3 is 12.1 Å². The Morgan fingerprint density at radius 3 is 2.29 bits per heavy atom. The van der Waals surface area contributed by atoms with Crippen LogP contribution in [-0.2, 0) is 9.47 Å². The van der Waals surface area contributed by atoms with E-state index in [4.69, 9.17) is 9.47 Å². The zero-order valence-corrected chi connectivity index (χ0v) is 15.2. The van der Waals surface area contributed by atoms with Crippen molar-refractivity contribution in [2.24, 2.45) is 0 Å². The molecule has 132 valence electrons. The summed E-state index contributed by atoms with van der Waals surface area (Å²) >= 11 is 0. The third-order valence-corrected chi connectivity index (χ3v) is 4.31. The van der Waals surface area contributed by atoms with Crippen LogP contribution in [0.2, 0.25) is 0 Å². The predicted octanol–water partition coefficient (Wildman–Crippen LogP) is 3.98. The fraction of sp³-hybridized carbons (Fsp3) is 0.579. The first-order valence-corrected chi connectivity index (χ1v) is 8.39. The van der Waals surface area contributed by atoms with Gasteiger partial charge in [0.05, 0.1) is 12.7 Å². The minimum Gasteiger partial charge on any atom is -0.465 e. The fourth-order valence-corrected chi connectivity index (χ4v) is 3.08. The molecule has 0 aromatic heterocycles. The lowest BCUT2D eigenvalue weighted by atomic mass is 9.85. The van der Waals surface area contributed by atoms with Gasteiger partial charge in [0.25, 0.3) is 0 Å². The number of nitrogens with zero attached hydrogens (tertiary/aromatic N) is 1. The highest BCUT2D eigenvalue weighted by molar-refractivity contribution is 5.89. The van der Waals surface area contributed by atoms with Gasteiger partial charge in [-0.15, -0.1) is 0 Å². The number of rotatable bonds is 2. The molecule has 5 nitrogen and oxygen atoms in total. The number of esters is 1. The van der Waals surface area contributed by atoms with E-state index in [9.17, 15) is 9.59 Å². The van der Waals surface area contributed by atoms with Crippen molar-refractivity contribution in [2.45, 2.75) is 58.1 Å². The number of carbonyl (C=O) groups excluding carboxylic acids is 2. The number of piperidine rings is 1. The van der Waals surface area contributed by atoms with Crippen LogP contribution in [0.3, 0.4) is 0 Å². The van der Waals surface area contributed by atoms with Gasteiger partial charge in [-0.1, -0.05) is 12.1 Å². The third kappa shape index (κ3) is 4.49. The van der Waals surface area contributed by atoms with Gasteiger partial charge in [0.1, 0.15) is 5.60 Å². The van der Waals surface area contributed by atoms with Gasteiger partial charge < -0.3 is 14.4 Å². The van der Waals surface area contributed by atoms with Crippen LogP contribution < -0.4 is 0 Å². The molecule has 2 rings (SSSR count). The van der Waals surface area contributed by atoms with E-state index < -0.39 is 5.60 Å². The molecule has 1 aliphatic rings. The molecule has 24 heavy (non-hydrogen) atoms. The Morgan fingerprint density at radius 1 is 1.17 bits per heavy atom. The van der Waals surface area contributed by atoms with Gasteiger partial charge in [0.15, 0.2) is 0 Å². The van der Waals surface area contributed by atoms with Crippen LogP contribution in [0.25, 0.3) is 0 Å². The second kappa shape index (κ2) is 7.24. The first kappa shape index (κ1) is 18.3. The molecule has 0 bridgehead atoms. The van der Waals surface area contributed by atoms with Crippen molar-refractivity contribution in [1.82, 2.24) is 4.90 Å². The zero-order chi connectivity index (χ0) is 17.9. The van der Waals surface area contributed by atoms with Gasteiger partial charge in [-0.05, 0) is 64.2 Å². The molecule has 1 fully saturated rings. The summed E-state index contributed by atoms with van der Waals surface area (Å²) in [4.78, 5) is 25.6. The molecule has 0 spiro atoms. The maximum atomic E-state index is 12.3. The van der Waals surface area contributed by atoms with E-state index in [1.807, 2.05) is 37.8 Å². The van der Waals surface area contributed by atoms with Crippen LogP contribution in [0.4, 0.5) is 4.79 Å². The smallest absolute Gasteiger partial charge is 0.410 e. The predicted molar refractivity (Wildman–Crippen MR) is 92.2 cm³/mol. The number of benzene rings is 1. The Balaban J connectivity index is 2.00. The summed E-state index contributed by atoms with van der Waals surface area (Å²) in [5.41, 5.74) is 1.27. The average molecular weight is 333 g/mol. The minimum absolute atomic E-state index is 0.124. The van der Waals surface area contributed by atoms with Gasteiger partial charge in [-0.25, -0.2) is 9.59 Å². The maximum Gasteiger partial charge on any atom is 0.410 e. The van der Waals surface area contributed by atoms with Gasteiger partial charge in [-0.3, -0.25) is 0 Å².